The minimum absolute atomic E-state index is 0.521. The minimum atomic E-state index is 0.521. The van der Waals surface area contributed by atoms with E-state index in [-0.39, 0.29) is 0 Å². The van der Waals surface area contributed by atoms with E-state index in [1.54, 1.807) is 0 Å². The Morgan fingerprint density at radius 3 is 2.57 bits per heavy atom. The second-order valence-electron chi connectivity index (χ2n) is 4.85. The van der Waals surface area contributed by atoms with Crippen molar-refractivity contribution in [2.24, 2.45) is 0 Å². The maximum atomic E-state index is 5.96. The zero-order valence-corrected chi connectivity index (χ0v) is 12.3. The van der Waals surface area contributed by atoms with Crippen LogP contribution in [0.25, 0.3) is 11.5 Å². The first-order valence-corrected chi connectivity index (χ1v) is 7.31. The van der Waals surface area contributed by atoms with Crippen molar-refractivity contribution in [3.63, 3.8) is 0 Å². The number of aryl methyl sites for hydroxylation is 2. The molecule has 3 rings (SSSR count). The molecule has 0 aliphatic carbocycles. The molecule has 2 aromatic carbocycles. The Morgan fingerprint density at radius 1 is 0.905 bits per heavy atom. The lowest BCUT2D eigenvalue weighted by Crippen LogP contribution is -1.90. The van der Waals surface area contributed by atoms with Gasteiger partial charge in [0.2, 0.25) is 11.8 Å². The summed E-state index contributed by atoms with van der Waals surface area (Å²) in [5.41, 5.74) is 2.18. The Morgan fingerprint density at radius 2 is 1.76 bits per heavy atom. The van der Waals surface area contributed by atoms with Crippen molar-refractivity contribution < 1.29 is 4.42 Å². The summed E-state index contributed by atoms with van der Waals surface area (Å²) < 4.78 is 5.68. The summed E-state index contributed by atoms with van der Waals surface area (Å²) in [5, 5.41) is 8.83. The van der Waals surface area contributed by atoms with Gasteiger partial charge in [0.1, 0.15) is 0 Å². The van der Waals surface area contributed by atoms with Gasteiger partial charge < -0.3 is 4.42 Å². The fourth-order valence-corrected chi connectivity index (χ4v) is 2.37. The van der Waals surface area contributed by atoms with E-state index in [1.165, 1.54) is 5.56 Å². The molecule has 0 fully saturated rings. The molecule has 0 bridgehead atoms. The molecule has 4 heteroatoms. The molecule has 0 saturated heterocycles. The van der Waals surface area contributed by atoms with Crippen LogP contribution in [0, 0.1) is 0 Å². The smallest absolute Gasteiger partial charge is 0.247 e. The van der Waals surface area contributed by atoms with Gasteiger partial charge in [-0.2, -0.15) is 0 Å². The van der Waals surface area contributed by atoms with Gasteiger partial charge in [-0.3, -0.25) is 0 Å². The normalized spacial score (nSPS) is 10.7. The molecule has 0 aliphatic rings. The zero-order valence-electron chi connectivity index (χ0n) is 11.5. The second-order valence-corrected chi connectivity index (χ2v) is 5.29. The molecule has 3 aromatic rings. The van der Waals surface area contributed by atoms with E-state index in [0.29, 0.717) is 16.8 Å². The summed E-state index contributed by atoms with van der Waals surface area (Å²) in [7, 11) is 0. The van der Waals surface area contributed by atoms with Crippen LogP contribution in [0.1, 0.15) is 17.9 Å². The highest BCUT2D eigenvalue weighted by atomic mass is 35.5. The highest BCUT2D eigenvalue weighted by Gasteiger charge is 2.08. The maximum Gasteiger partial charge on any atom is 0.247 e. The van der Waals surface area contributed by atoms with Gasteiger partial charge in [0.05, 0.1) is 0 Å². The third-order valence-corrected chi connectivity index (χ3v) is 3.47. The molecule has 0 amide bonds. The van der Waals surface area contributed by atoms with Crippen LogP contribution in [0.2, 0.25) is 5.02 Å². The van der Waals surface area contributed by atoms with E-state index in [4.69, 9.17) is 16.0 Å². The Kier molecular flexibility index (Phi) is 4.31. The van der Waals surface area contributed by atoms with Crippen LogP contribution >= 0.6 is 11.6 Å². The molecule has 1 aromatic heterocycles. The van der Waals surface area contributed by atoms with Crippen LogP contribution in [0.4, 0.5) is 0 Å². The van der Waals surface area contributed by atoms with E-state index in [2.05, 4.69) is 34.5 Å². The molecular weight excluding hydrogens is 284 g/mol. The van der Waals surface area contributed by atoms with Crippen LogP contribution in [-0.4, -0.2) is 10.2 Å². The molecule has 106 valence electrons. The van der Waals surface area contributed by atoms with Gasteiger partial charge in [-0.1, -0.05) is 48.0 Å². The summed E-state index contributed by atoms with van der Waals surface area (Å²) in [6.45, 7) is 0. The number of hydrogen-bond acceptors (Lipinski definition) is 3. The molecule has 0 spiro atoms. The molecule has 3 nitrogen and oxygen atoms in total. The van der Waals surface area contributed by atoms with Crippen molar-refractivity contribution in [2.75, 3.05) is 0 Å². The molecule has 0 atom stereocenters. The fourth-order valence-electron chi connectivity index (χ4n) is 2.18. The van der Waals surface area contributed by atoms with Gasteiger partial charge in [-0.25, -0.2) is 0 Å². The van der Waals surface area contributed by atoms with Crippen molar-refractivity contribution in [1.82, 2.24) is 10.2 Å². The molecule has 1 heterocycles. The second kappa shape index (κ2) is 6.55. The van der Waals surface area contributed by atoms with E-state index >= 15 is 0 Å². The summed E-state index contributed by atoms with van der Waals surface area (Å²) in [5.74, 6) is 1.19. The van der Waals surface area contributed by atoms with Gasteiger partial charge in [0.15, 0.2) is 0 Å². The zero-order chi connectivity index (χ0) is 14.5. The van der Waals surface area contributed by atoms with E-state index in [9.17, 15) is 0 Å². The average molecular weight is 299 g/mol. The Bertz CT molecular complexity index is 710. The third kappa shape index (κ3) is 3.70. The van der Waals surface area contributed by atoms with Crippen LogP contribution in [0.15, 0.2) is 59.0 Å². The average Bonchev–Trinajstić information content (AvgIpc) is 2.97. The van der Waals surface area contributed by atoms with Gasteiger partial charge in [-0.15, -0.1) is 10.2 Å². The molecule has 0 saturated carbocycles. The SMILES string of the molecule is Clc1cccc(-c2nnc(CCCc3ccccc3)o2)c1. The molecular formula is C17H15ClN2O. The Labute approximate surface area is 128 Å². The monoisotopic (exact) mass is 298 g/mol. The van der Waals surface area contributed by atoms with Gasteiger partial charge in [-0.05, 0) is 36.6 Å². The lowest BCUT2D eigenvalue weighted by molar-refractivity contribution is 0.497. The molecule has 0 unspecified atom stereocenters. The fraction of sp³-hybridized carbons (Fsp3) is 0.176. The maximum absolute atomic E-state index is 5.96. The number of aromatic nitrogens is 2. The molecule has 0 aliphatic heterocycles. The highest BCUT2D eigenvalue weighted by Crippen LogP contribution is 2.21. The van der Waals surface area contributed by atoms with Crippen molar-refractivity contribution >= 4 is 11.6 Å². The largest absolute Gasteiger partial charge is 0.421 e. The van der Waals surface area contributed by atoms with E-state index in [0.717, 1.165) is 24.8 Å². The van der Waals surface area contributed by atoms with Gasteiger partial charge in [0, 0.05) is 17.0 Å². The lowest BCUT2D eigenvalue weighted by Gasteiger charge is -1.98. The predicted molar refractivity (Wildman–Crippen MR) is 83.2 cm³/mol. The standard InChI is InChI=1S/C17H15ClN2O/c18-15-10-5-9-14(12-15)17-20-19-16(21-17)11-4-8-13-6-2-1-3-7-13/h1-3,5-7,9-10,12H,4,8,11H2. The van der Waals surface area contributed by atoms with Gasteiger partial charge >= 0.3 is 0 Å². The lowest BCUT2D eigenvalue weighted by atomic mass is 10.1. The van der Waals surface area contributed by atoms with Crippen molar-refractivity contribution in [3.8, 4) is 11.5 Å². The van der Waals surface area contributed by atoms with E-state index < -0.39 is 0 Å². The number of nitrogens with zero attached hydrogens (tertiary/aromatic N) is 2. The summed E-state index contributed by atoms with van der Waals surface area (Å²) in [6.07, 6.45) is 2.78. The minimum Gasteiger partial charge on any atom is -0.421 e. The molecule has 0 radical (unpaired) electrons. The van der Waals surface area contributed by atoms with Crippen LogP contribution < -0.4 is 0 Å². The summed E-state index contributed by atoms with van der Waals surface area (Å²) >= 11 is 5.96. The highest BCUT2D eigenvalue weighted by molar-refractivity contribution is 6.30. The molecule has 0 N–H and O–H groups in total. The predicted octanol–water partition coefficient (Wildman–Crippen LogP) is 4.57. The number of hydrogen-bond donors (Lipinski definition) is 0. The number of halogens is 1. The quantitative estimate of drug-likeness (QED) is 0.693. The molecule has 21 heavy (non-hydrogen) atoms. The number of rotatable bonds is 5. The first-order chi connectivity index (χ1) is 10.3. The van der Waals surface area contributed by atoms with Gasteiger partial charge in [0.25, 0.3) is 0 Å². The number of benzene rings is 2. The topological polar surface area (TPSA) is 38.9 Å². The Balaban J connectivity index is 1.60. The Hall–Kier alpha value is -2.13. The van der Waals surface area contributed by atoms with Crippen LogP contribution in [0.5, 0.6) is 0 Å². The van der Waals surface area contributed by atoms with Crippen LogP contribution in [-0.2, 0) is 12.8 Å². The summed E-state index contributed by atoms with van der Waals surface area (Å²) in [6, 6.07) is 17.8. The van der Waals surface area contributed by atoms with Crippen LogP contribution in [0.3, 0.4) is 0 Å². The summed E-state index contributed by atoms with van der Waals surface area (Å²) in [4.78, 5) is 0. The van der Waals surface area contributed by atoms with Crippen molar-refractivity contribution in [3.05, 3.63) is 71.1 Å². The third-order valence-electron chi connectivity index (χ3n) is 3.24. The first kappa shape index (κ1) is 13.8. The van der Waals surface area contributed by atoms with Crippen molar-refractivity contribution in [2.45, 2.75) is 19.3 Å². The van der Waals surface area contributed by atoms with E-state index in [1.807, 2.05) is 30.3 Å². The first-order valence-electron chi connectivity index (χ1n) is 6.93. The van der Waals surface area contributed by atoms with Crippen molar-refractivity contribution in [1.29, 1.82) is 0 Å².